The Morgan fingerprint density at radius 2 is 1.86 bits per heavy atom. The lowest BCUT2D eigenvalue weighted by molar-refractivity contribution is -0.118. The topological polar surface area (TPSA) is 90.3 Å². The summed E-state index contributed by atoms with van der Waals surface area (Å²) in [6.45, 7) is 2.49. The predicted octanol–water partition coefficient (Wildman–Crippen LogP) is 4.08. The number of nitrogens with zero attached hydrogens (tertiary/aromatic N) is 3. The number of anilines is 2. The molecule has 0 unspecified atom stereocenters. The van der Waals surface area contributed by atoms with Crippen LogP contribution >= 0.6 is 0 Å². The van der Waals surface area contributed by atoms with E-state index < -0.39 is 6.04 Å². The van der Waals surface area contributed by atoms with Gasteiger partial charge in [-0.2, -0.15) is 5.26 Å². The van der Waals surface area contributed by atoms with Crippen LogP contribution in [0.25, 0.3) is 0 Å². The van der Waals surface area contributed by atoms with Crippen LogP contribution in [0.4, 0.5) is 11.5 Å². The lowest BCUT2D eigenvalue weighted by atomic mass is 10.1. The number of carbonyl (C=O) groups excluding carboxylic acids is 1. The van der Waals surface area contributed by atoms with Gasteiger partial charge in [0.05, 0.1) is 29.6 Å². The number of piperidine rings is 1. The lowest BCUT2D eigenvalue weighted by Crippen LogP contribution is -2.36. The van der Waals surface area contributed by atoms with Crippen LogP contribution in [0, 0.1) is 11.3 Å². The number of nitriles is 1. The fourth-order valence-electron chi connectivity index (χ4n) is 4.31. The molecule has 2 heterocycles. The summed E-state index contributed by atoms with van der Waals surface area (Å²) in [5, 5.41) is 15.3. The molecule has 1 aromatic heterocycles. The van der Waals surface area contributed by atoms with Crippen LogP contribution in [0.2, 0.25) is 0 Å². The average Bonchev–Trinajstić information content (AvgIpc) is 2.92. The zero-order chi connectivity index (χ0) is 24.5. The molecule has 1 saturated heterocycles. The van der Waals surface area contributed by atoms with Crippen LogP contribution in [-0.2, 0) is 16.0 Å². The van der Waals surface area contributed by atoms with E-state index in [1.165, 1.54) is 0 Å². The van der Waals surface area contributed by atoms with Crippen molar-refractivity contribution in [1.29, 1.82) is 5.26 Å². The Morgan fingerprint density at radius 3 is 2.49 bits per heavy atom. The van der Waals surface area contributed by atoms with E-state index in [1.807, 2.05) is 72.9 Å². The van der Waals surface area contributed by atoms with Crippen molar-refractivity contribution in [3.63, 3.8) is 0 Å². The second-order valence-electron chi connectivity index (χ2n) is 8.67. The van der Waals surface area contributed by atoms with E-state index >= 15 is 0 Å². The van der Waals surface area contributed by atoms with Gasteiger partial charge in [-0.05, 0) is 54.7 Å². The summed E-state index contributed by atoms with van der Waals surface area (Å²) in [4.78, 5) is 20.0. The second-order valence-corrected chi connectivity index (χ2v) is 8.67. The van der Waals surface area contributed by atoms with Gasteiger partial charge in [-0.15, -0.1) is 0 Å². The highest BCUT2D eigenvalue weighted by atomic mass is 16.5. The van der Waals surface area contributed by atoms with Gasteiger partial charge in [-0.1, -0.05) is 42.5 Å². The van der Waals surface area contributed by atoms with E-state index in [0.29, 0.717) is 24.0 Å². The molecule has 1 atom stereocenters. The van der Waals surface area contributed by atoms with Gasteiger partial charge in [-0.25, -0.2) is 4.98 Å². The quantitative estimate of drug-likeness (QED) is 0.491. The summed E-state index contributed by atoms with van der Waals surface area (Å²) in [5.74, 6) is 0.373. The van der Waals surface area contributed by atoms with Crippen molar-refractivity contribution in [1.82, 2.24) is 10.3 Å². The van der Waals surface area contributed by atoms with Gasteiger partial charge in [-0.3, -0.25) is 4.79 Å². The minimum absolute atomic E-state index is 0.155. The largest absolute Gasteiger partial charge is 0.381 e. The summed E-state index contributed by atoms with van der Waals surface area (Å²) >= 11 is 0. The number of methoxy groups -OCH3 is 1. The van der Waals surface area contributed by atoms with Crippen LogP contribution in [-0.4, -0.2) is 43.7 Å². The maximum Gasteiger partial charge on any atom is 0.247 e. The SMILES string of the molecule is COC1CCN(c2ccc(NC(=O)[C@H](NCCc3ccc(C#N)cc3)c3ccccc3)nc2)CC1. The molecule has 0 radical (unpaired) electrons. The van der Waals surface area contributed by atoms with Crippen LogP contribution in [0.15, 0.2) is 72.9 Å². The predicted molar refractivity (Wildman–Crippen MR) is 137 cm³/mol. The molecular formula is C28H31N5O2. The first-order chi connectivity index (χ1) is 17.2. The Labute approximate surface area is 206 Å². The summed E-state index contributed by atoms with van der Waals surface area (Å²) in [6, 6.07) is 22.7. The number of benzene rings is 2. The Balaban J connectivity index is 1.37. The van der Waals surface area contributed by atoms with Gasteiger partial charge in [0.15, 0.2) is 0 Å². The molecule has 0 aliphatic carbocycles. The second kappa shape index (κ2) is 12.1. The van der Waals surface area contributed by atoms with Crippen molar-refractivity contribution in [3.8, 4) is 6.07 Å². The van der Waals surface area contributed by atoms with E-state index in [-0.39, 0.29) is 5.91 Å². The number of aromatic nitrogens is 1. The smallest absolute Gasteiger partial charge is 0.247 e. The molecule has 1 fully saturated rings. The molecular weight excluding hydrogens is 438 g/mol. The zero-order valence-electron chi connectivity index (χ0n) is 20.0. The summed E-state index contributed by atoms with van der Waals surface area (Å²) in [7, 11) is 1.77. The number of hydrogen-bond acceptors (Lipinski definition) is 6. The molecule has 7 nitrogen and oxygen atoms in total. The first kappa shape index (κ1) is 24.4. The number of rotatable bonds is 9. The Hall–Kier alpha value is -3.73. The van der Waals surface area contributed by atoms with E-state index in [4.69, 9.17) is 10.00 Å². The van der Waals surface area contributed by atoms with Crippen LogP contribution < -0.4 is 15.5 Å². The highest BCUT2D eigenvalue weighted by Gasteiger charge is 2.21. The van der Waals surface area contributed by atoms with Crippen molar-refractivity contribution in [3.05, 3.63) is 89.6 Å². The molecule has 4 rings (SSSR count). The van der Waals surface area contributed by atoms with Gasteiger partial charge in [0.25, 0.3) is 0 Å². The van der Waals surface area contributed by atoms with Crippen molar-refractivity contribution in [2.45, 2.75) is 31.4 Å². The van der Waals surface area contributed by atoms with Gasteiger partial charge in [0.2, 0.25) is 5.91 Å². The van der Waals surface area contributed by atoms with Crippen molar-refractivity contribution >= 4 is 17.4 Å². The highest BCUT2D eigenvalue weighted by molar-refractivity contribution is 5.94. The Bertz CT molecular complexity index is 1120. The number of carbonyl (C=O) groups is 1. The molecule has 180 valence electrons. The zero-order valence-corrected chi connectivity index (χ0v) is 20.0. The molecule has 0 bridgehead atoms. The van der Waals surface area contributed by atoms with Gasteiger partial charge in [0.1, 0.15) is 11.9 Å². The standard InChI is InChI=1S/C28H31N5O2/c1-35-25-14-17-33(18-15-25)24-11-12-26(31-20-24)32-28(34)27(23-5-3-2-4-6-23)30-16-13-21-7-9-22(19-29)10-8-21/h2-12,20,25,27,30H,13-18H2,1H3,(H,31,32,34)/t27-/m1/s1. The van der Waals surface area contributed by atoms with Gasteiger partial charge < -0.3 is 20.3 Å². The normalized spacial score (nSPS) is 14.8. The van der Waals surface area contributed by atoms with E-state index in [1.54, 1.807) is 7.11 Å². The third-order valence-corrected chi connectivity index (χ3v) is 6.38. The van der Waals surface area contributed by atoms with E-state index in [0.717, 1.165) is 49.2 Å². The maximum atomic E-state index is 13.2. The third-order valence-electron chi connectivity index (χ3n) is 6.38. The van der Waals surface area contributed by atoms with Crippen LogP contribution in [0.3, 0.4) is 0 Å². The number of hydrogen-bond donors (Lipinski definition) is 2. The summed E-state index contributed by atoms with van der Waals surface area (Å²) < 4.78 is 5.45. The number of nitrogens with one attached hydrogen (secondary N) is 2. The Kier molecular flexibility index (Phi) is 8.44. The number of pyridine rings is 1. The molecule has 0 spiro atoms. The first-order valence-electron chi connectivity index (χ1n) is 12.0. The summed E-state index contributed by atoms with van der Waals surface area (Å²) in [6.07, 6.45) is 4.90. The van der Waals surface area contributed by atoms with Crippen molar-refractivity contribution < 1.29 is 9.53 Å². The highest BCUT2D eigenvalue weighted by Crippen LogP contribution is 2.22. The van der Waals surface area contributed by atoms with E-state index in [2.05, 4.69) is 26.6 Å². The molecule has 1 aliphatic heterocycles. The van der Waals surface area contributed by atoms with Crippen molar-refractivity contribution in [2.24, 2.45) is 0 Å². The molecule has 2 N–H and O–H groups in total. The fourth-order valence-corrected chi connectivity index (χ4v) is 4.31. The Morgan fingerprint density at radius 1 is 1.11 bits per heavy atom. The van der Waals surface area contributed by atoms with E-state index in [9.17, 15) is 4.79 Å². The number of ether oxygens (including phenoxy) is 1. The molecule has 3 aromatic rings. The first-order valence-corrected chi connectivity index (χ1v) is 12.0. The maximum absolute atomic E-state index is 13.2. The van der Waals surface area contributed by atoms with Gasteiger partial charge >= 0.3 is 0 Å². The van der Waals surface area contributed by atoms with Crippen LogP contribution in [0.1, 0.15) is 35.6 Å². The molecule has 1 aliphatic rings. The molecule has 1 amide bonds. The third kappa shape index (κ3) is 6.66. The minimum Gasteiger partial charge on any atom is -0.381 e. The molecule has 7 heteroatoms. The average molecular weight is 470 g/mol. The lowest BCUT2D eigenvalue weighted by Gasteiger charge is -2.32. The minimum atomic E-state index is -0.510. The number of amides is 1. The molecule has 35 heavy (non-hydrogen) atoms. The van der Waals surface area contributed by atoms with Crippen molar-refractivity contribution in [2.75, 3.05) is 37.0 Å². The molecule has 0 saturated carbocycles. The van der Waals surface area contributed by atoms with Crippen LogP contribution in [0.5, 0.6) is 0 Å². The monoisotopic (exact) mass is 469 g/mol. The van der Waals surface area contributed by atoms with Gasteiger partial charge in [0, 0.05) is 26.7 Å². The molecule has 2 aromatic carbocycles. The fraction of sp³-hybridized carbons (Fsp3) is 0.321. The summed E-state index contributed by atoms with van der Waals surface area (Å²) in [5.41, 5.74) is 3.69.